The largest absolute Gasteiger partial charge is 0.311 e. The Morgan fingerprint density at radius 2 is 2.17 bits per heavy atom. The fraction of sp³-hybridized carbons (Fsp3) is 1.00. The molecule has 1 nitrogen and oxygen atoms in total. The standard InChI is InChI=1S/C11H21N/c1-2-7-11(8-4-9-12-11)10-5-3-6-10/h10,12H,2-9H2,1H3. The van der Waals surface area contributed by atoms with Crippen molar-refractivity contribution in [2.45, 2.75) is 57.4 Å². The lowest BCUT2D eigenvalue weighted by atomic mass is 9.68. The SMILES string of the molecule is CCCC1(C2CCC2)CCCN1. The lowest BCUT2D eigenvalue weighted by Crippen LogP contribution is -2.49. The van der Waals surface area contributed by atoms with Crippen LogP contribution >= 0.6 is 0 Å². The van der Waals surface area contributed by atoms with Crippen LogP contribution in [0.1, 0.15) is 51.9 Å². The highest BCUT2D eigenvalue weighted by molar-refractivity contribution is 5.00. The molecule has 0 radical (unpaired) electrons. The lowest BCUT2D eigenvalue weighted by Gasteiger charge is -2.43. The third kappa shape index (κ3) is 1.28. The van der Waals surface area contributed by atoms with Crippen molar-refractivity contribution in [2.24, 2.45) is 5.92 Å². The Hall–Kier alpha value is -0.0400. The molecule has 2 fully saturated rings. The van der Waals surface area contributed by atoms with Crippen LogP contribution in [0.4, 0.5) is 0 Å². The van der Waals surface area contributed by atoms with Crippen LogP contribution in [0, 0.1) is 5.92 Å². The Bertz CT molecular complexity index is 143. The van der Waals surface area contributed by atoms with E-state index < -0.39 is 0 Å². The van der Waals surface area contributed by atoms with E-state index in [0.29, 0.717) is 5.54 Å². The minimum Gasteiger partial charge on any atom is -0.311 e. The first-order valence-corrected chi connectivity index (χ1v) is 5.62. The van der Waals surface area contributed by atoms with E-state index in [2.05, 4.69) is 12.2 Å². The average molecular weight is 167 g/mol. The van der Waals surface area contributed by atoms with Crippen molar-refractivity contribution in [2.75, 3.05) is 6.54 Å². The molecule has 2 rings (SSSR count). The maximum atomic E-state index is 3.77. The van der Waals surface area contributed by atoms with Crippen LogP contribution in [0.3, 0.4) is 0 Å². The van der Waals surface area contributed by atoms with Gasteiger partial charge in [0.1, 0.15) is 0 Å². The number of hydrogen-bond donors (Lipinski definition) is 1. The van der Waals surface area contributed by atoms with Crippen molar-refractivity contribution in [1.82, 2.24) is 5.32 Å². The first kappa shape index (κ1) is 8.55. The second kappa shape index (κ2) is 3.37. The lowest BCUT2D eigenvalue weighted by molar-refractivity contribution is 0.134. The summed E-state index contributed by atoms with van der Waals surface area (Å²) in [5.74, 6) is 1.03. The maximum absolute atomic E-state index is 3.77. The molecule has 0 amide bonds. The zero-order valence-electron chi connectivity index (χ0n) is 8.23. The van der Waals surface area contributed by atoms with Crippen LogP contribution in [0.15, 0.2) is 0 Å². The van der Waals surface area contributed by atoms with E-state index in [4.69, 9.17) is 0 Å². The molecule has 1 aliphatic heterocycles. The van der Waals surface area contributed by atoms with Gasteiger partial charge >= 0.3 is 0 Å². The van der Waals surface area contributed by atoms with Crippen molar-refractivity contribution in [3.8, 4) is 0 Å². The number of hydrogen-bond acceptors (Lipinski definition) is 1. The van der Waals surface area contributed by atoms with Crippen LogP contribution in [-0.4, -0.2) is 12.1 Å². The summed E-state index contributed by atoms with van der Waals surface area (Å²) >= 11 is 0. The summed E-state index contributed by atoms with van der Waals surface area (Å²) in [5.41, 5.74) is 0.590. The smallest absolute Gasteiger partial charge is 0.0210 e. The third-order valence-corrected chi connectivity index (χ3v) is 3.86. The van der Waals surface area contributed by atoms with E-state index in [1.54, 1.807) is 0 Å². The summed E-state index contributed by atoms with van der Waals surface area (Å²) in [4.78, 5) is 0. The highest BCUT2D eigenvalue weighted by Crippen LogP contribution is 2.43. The van der Waals surface area contributed by atoms with Crippen LogP contribution in [-0.2, 0) is 0 Å². The molecular formula is C11H21N. The maximum Gasteiger partial charge on any atom is 0.0210 e. The first-order chi connectivity index (χ1) is 5.87. The molecule has 1 heteroatoms. The Morgan fingerprint density at radius 3 is 2.58 bits per heavy atom. The molecule has 0 aromatic heterocycles. The van der Waals surface area contributed by atoms with E-state index in [-0.39, 0.29) is 0 Å². The quantitative estimate of drug-likeness (QED) is 0.681. The van der Waals surface area contributed by atoms with Crippen molar-refractivity contribution < 1.29 is 0 Å². The monoisotopic (exact) mass is 167 g/mol. The molecule has 0 aromatic carbocycles. The van der Waals surface area contributed by atoms with Gasteiger partial charge in [-0.1, -0.05) is 19.8 Å². The van der Waals surface area contributed by atoms with E-state index >= 15 is 0 Å². The Balaban J connectivity index is 1.99. The molecule has 12 heavy (non-hydrogen) atoms. The van der Waals surface area contributed by atoms with Gasteiger partial charge in [-0.2, -0.15) is 0 Å². The summed E-state index contributed by atoms with van der Waals surface area (Å²) in [6, 6.07) is 0. The van der Waals surface area contributed by atoms with Crippen molar-refractivity contribution in [3.63, 3.8) is 0 Å². The summed E-state index contributed by atoms with van der Waals surface area (Å²) < 4.78 is 0. The minimum absolute atomic E-state index is 0.590. The van der Waals surface area contributed by atoms with Gasteiger partial charge < -0.3 is 5.32 Å². The van der Waals surface area contributed by atoms with Gasteiger partial charge in [-0.3, -0.25) is 0 Å². The van der Waals surface area contributed by atoms with Crippen molar-refractivity contribution >= 4 is 0 Å². The summed E-state index contributed by atoms with van der Waals surface area (Å²) in [6.45, 7) is 3.59. The van der Waals surface area contributed by atoms with E-state index in [1.807, 2.05) is 0 Å². The fourth-order valence-electron chi connectivity index (χ4n) is 3.00. The normalized spacial score (nSPS) is 36.8. The summed E-state index contributed by atoms with van der Waals surface area (Å²) in [7, 11) is 0. The Labute approximate surface area is 75.9 Å². The van der Waals surface area contributed by atoms with Crippen molar-refractivity contribution in [1.29, 1.82) is 0 Å². The third-order valence-electron chi connectivity index (χ3n) is 3.86. The second-order valence-corrected chi connectivity index (χ2v) is 4.56. The highest BCUT2D eigenvalue weighted by Gasteiger charge is 2.42. The first-order valence-electron chi connectivity index (χ1n) is 5.62. The average Bonchev–Trinajstić information content (AvgIpc) is 2.34. The molecule has 1 N–H and O–H groups in total. The number of nitrogens with one attached hydrogen (secondary N) is 1. The molecule has 2 aliphatic rings. The molecule has 0 aromatic rings. The molecule has 70 valence electrons. The minimum atomic E-state index is 0.590. The van der Waals surface area contributed by atoms with Crippen LogP contribution in [0.5, 0.6) is 0 Å². The van der Waals surface area contributed by atoms with Gasteiger partial charge in [-0.15, -0.1) is 0 Å². The second-order valence-electron chi connectivity index (χ2n) is 4.56. The van der Waals surface area contributed by atoms with Crippen LogP contribution < -0.4 is 5.32 Å². The van der Waals surface area contributed by atoms with Crippen LogP contribution in [0.2, 0.25) is 0 Å². The molecule has 1 unspecified atom stereocenters. The topological polar surface area (TPSA) is 12.0 Å². The van der Waals surface area contributed by atoms with Gasteiger partial charge in [0.25, 0.3) is 0 Å². The predicted molar refractivity (Wildman–Crippen MR) is 52.2 cm³/mol. The van der Waals surface area contributed by atoms with Gasteiger partial charge in [0.15, 0.2) is 0 Å². The molecule has 0 bridgehead atoms. The molecule has 0 spiro atoms. The molecule has 1 saturated heterocycles. The van der Waals surface area contributed by atoms with Gasteiger partial charge in [0, 0.05) is 5.54 Å². The molecule has 1 heterocycles. The van der Waals surface area contributed by atoms with Gasteiger partial charge in [0.05, 0.1) is 0 Å². The Kier molecular flexibility index (Phi) is 2.40. The zero-order chi connectivity index (χ0) is 8.44. The fourth-order valence-corrected chi connectivity index (χ4v) is 3.00. The predicted octanol–water partition coefficient (Wildman–Crippen LogP) is 2.71. The van der Waals surface area contributed by atoms with Crippen molar-refractivity contribution in [3.05, 3.63) is 0 Å². The van der Waals surface area contributed by atoms with E-state index in [0.717, 1.165) is 5.92 Å². The molecule has 1 aliphatic carbocycles. The van der Waals surface area contributed by atoms with Gasteiger partial charge in [0.2, 0.25) is 0 Å². The van der Waals surface area contributed by atoms with Gasteiger partial charge in [-0.25, -0.2) is 0 Å². The van der Waals surface area contributed by atoms with Crippen LogP contribution in [0.25, 0.3) is 0 Å². The molecule has 1 saturated carbocycles. The molecule has 1 atom stereocenters. The summed E-state index contributed by atoms with van der Waals surface area (Å²) in [6.07, 6.45) is 10.1. The molecular weight excluding hydrogens is 146 g/mol. The van der Waals surface area contributed by atoms with Gasteiger partial charge in [-0.05, 0) is 44.6 Å². The number of rotatable bonds is 3. The van der Waals surface area contributed by atoms with E-state index in [1.165, 1.54) is 51.5 Å². The Morgan fingerprint density at radius 1 is 1.33 bits per heavy atom. The van der Waals surface area contributed by atoms with E-state index in [9.17, 15) is 0 Å². The summed E-state index contributed by atoms with van der Waals surface area (Å²) in [5, 5.41) is 3.77. The zero-order valence-corrected chi connectivity index (χ0v) is 8.23. The highest BCUT2D eigenvalue weighted by atomic mass is 15.0.